The van der Waals surface area contributed by atoms with Crippen LogP contribution in [0.1, 0.15) is 25.3 Å². The van der Waals surface area contributed by atoms with E-state index >= 15 is 0 Å². The molecule has 0 spiro atoms. The average Bonchev–Trinajstić information content (AvgIpc) is 2.69. The van der Waals surface area contributed by atoms with Crippen LogP contribution in [0.5, 0.6) is 0 Å². The van der Waals surface area contributed by atoms with Gasteiger partial charge in [-0.1, -0.05) is 30.3 Å². The smallest absolute Gasteiger partial charge is 0.328 e. The topological polar surface area (TPSA) is 149 Å². The molecule has 0 aliphatic heterocycles. The summed E-state index contributed by atoms with van der Waals surface area (Å²) < 4.78 is 5.52. The molecule has 0 aliphatic rings. The molecule has 2 atom stereocenters. The van der Waals surface area contributed by atoms with E-state index in [-0.39, 0.29) is 25.0 Å². The normalized spacial score (nSPS) is 12.9. The zero-order valence-corrected chi connectivity index (χ0v) is 19.5. The monoisotopic (exact) mass is 449 g/mol. The highest BCUT2D eigenvalue weighted by Crippen LogP contribution is 2.07. The summed E-state index contributed by atoms with van der Waals surface area (Å²) in [6, 6.07) is 7.65. The molecule has 0 saturated heterocycles. The third-order valence-electron chi connectivity index (χ3n) is 4.39. The van der Waals surface area contributed by atoms with Crippen LogP contribution in [0, 0.1) is 0 Å². The molecule has 2 amide bonds. The van der Waals surface area contributed by atoms with E-state index < -0.39 is 24.0 Å². The van der Waals surface area contributed by atoms with Crippen molar-refractivity contribution < 1.29 is 23.6 Å². The minimum Gasteiger partial charge on any atom is -0.464 e. The molecule has 1 aromatic carbocycles. The third-order valence-corrected chi connectivity index (χ3v) is 4.39. The van der Waals surface area contributed by atoms with Crippen LogP contribution >= 0.6 is 0 Å². The van der Waals surface area contributed by atoms with E-state index in [2.05, 4.69) is 15.6 Å². The van der Waals surface area contributed by atoms with Gasteiger partial charge in [-0.25, -0.2) is 4.79 Å². The van der Waals surface area contributed by atoms with Gasteiger partial charge in [0.15, 0.2) is 12.5 Å². The molecule has 6 N–H and O–H groups in total. The summed E-state index contributed by atoms with van der Waals surface area (Å²) in [6.07, 6.45) is 1.06. The number of amides is 2. The first-order valence-corrected chi connectivity index (χ1v) is 10.7. The number of quaternary nitrogens is 1. The van der Waals surface area contributed by atoms with Crippen LogP contribution in [-0.4, -0.2) is 81.1 Å². The number of esters is 1. The molecule has 0 unspecified atom stereocenters. The van der Waals surface area contributed by atoms with Crippen LogP contribution in [0.3, 0.4) is 0 Å². The lowest BCUT2D eigenvalue weighted by Gasteiger charge is -2.26. The van der Waals surface area contributed by atoms with Crippen molar-refractivity contribution in [1.29, 1.82) is 0 Å². The predicted octanol–water partition coefficient (Wildman–Crippen LogP) is -0.478. The fourth-order valence-corrected chi connectivity index (χ4v) is 3.00. The Morgan fingerprint density at radius 2 is 1.72 bits per heavy atom. The minimum atomic E-state index is -0.870. The molecule has 0 fully saturated rings. The minimum absolute atomic E-state index is 0.0374. The van der Waals surface area contributed by atoms with E-state index in [1.807, 2.05) is 51.5 Å². The molecule has 0 radical (unpaired) electrons. The van der Waals surface area contributed by atoms with Gasteiger partial charge in [0.1, 0.15) is 12.1 Å². The highest BCUT2D eigenvalue weighted by atomic mass is 16.5. The van der Waals surface area contributed by atoms with Gasteiger partial charge in [0, 0.05) is 13.0 Å². The summed E-state index contributed by atoms with van der Waals surface area (Å²) >= 11 is 0. The van der Waals surface area contributed by atoms with E-state index in [0.29, 0.717) is 30.3 Å². The number of rotatable bonds is 13. The van der Waals surface area contributed by atoms with E-state index in [4.69, 9.17) is 16.2 Å². The molecule has 0 aromatic heterocycles. The Labute approximate surface area is 190 Å². The van der Waals surface area contributed by atoms with Crippen molar-refractivity contribution >= 4 is 23.7 Å². The molecule has 32 heavy (non-hydrogen) atoms. The summed E-state index contributed by atoms with van der Waals surface area (Å²) in [6.45, 7) is 2.41. The Bertz CT molecular complexity index is 772. The molecule has 10 heteroatoms. The number of nitrogens with two attached hydrogens (primary N) is 2. The van der Waals surface area contributed by atoms with E-state index in [0.717, 1.165) is 5.56 Å². The van der Waals surface area contributed by atoms with E-state index in [1.165, 1.54) is 0 Å². The lowest BCUT2D eigenvalue weighted by molar-refractivity contribution is -0.862. The van der Waals surface area contributed by atoms with Crippen LogP contribution in [0.15, 0.2) is 35.3 Å². The predicted molar refractivity (Wildman–Crippen MR) is 123 cm³/mol. The molecule has 10 nitrogen and oxygen atoms in total. The molecule has 1 rings (SSSR count). The molecule has 0 bridgehead atoms. The molecule has 0 heterocycles. The molecule has 0 saturated carbocycles. The number of aliphatic imine (C=N–C) groups is 1. The van der Waals surface area contributed by atoms with Crippen molar-refractivity contribution in [2.75, 3.05) is 40.8 Å². The number of guanidine groups is 1. The number of likely N-dealkylation sites (N-methyl/N-ethyl adjacent to an activating group) is 1. The molecular formula is C22H37N6O4+. The standard InChI is InChI=1S/C22H36N6O4/c1-5-32-21(31)17(12-9-13-25-22(23)24)27-20(30)18(14-16-10-7-6-8-11-16)26-19(29)15-28(2,3)4/h6-8,10-11,17-18H,5,9,12-15H2,1-4H3,(H5-,23,24,25,26,27,29,30)/p+1/t17-,18-/m0/s1. The van der Waals surface area contributed by atoms with Crippen LogP contribution in [0.2, 0.25) is 0 Å². The maximum absolute atomic E-state index is 13.1. The number of nitrogens with one attached hydrogen (secondary N) is 2. The second kappa shape index (κ2) is 13.3. The van der Waals surface area contributed by atoms with Crippen molar-refractivity contribution in [3.05, 3.63) is 35.9 Å². The van der Waals surface area contributed by atoms with Gasteiger partial charge in [-0.05, 0) is 25.3 Å². The number of hydrogen-bond donors (Lipinski definition) is 4. The highest BCUT2D eigenvalue weighted by molar-refractivity contribution is 5.91. The van der Waals surface area contributed by atoms with Gasteiger partial charge in [0.25, 0.3) is 5.91 Å². The van der Waals surface area contributed by atoms with E-state index in [9.17, 15) is 14.4 Å². The Kier molecular flexibility index (Phi) is 11.2. The van der Waals surface area contributed by atoms with Gasteiger partial charge < -0.3 is 31.3 Å². The summed E-state index contributed by atoms with van der Waals surface area (Å²) in [5, 5.41) is 5.54. The van der Waals surface area contributed by atoms with Gasteiger partial charge in [-0.3, -0.25) is 14.6 Å². The van der Waals surface area contributed by atoms with Crippen LogP contribution in [0.4, 0.5) is 0 Å². The van der Waals surface area contributed by atoms with Crippen LogP contribution in [0.25, 0.3) is 0 Å². The number of nitrogens with zero attached hydrogens (tertiary/aromatic N) is 2. The summed E-state index contributed by atoms with van der Waals surface area (Å²) in [4.78, 5) is 41.9. The fourth-order valence-electron chi connectivity index (χ4n) is 3.00. The van der Waals surface area contributed by atoms with Crippen molar-refractivity contribution in [1.82, 2.24) is 10.6 Å². The summed E-state index contributed by atoms with van der Waals surface area (Å²) in [5.41, 5.74) is 11.5. The maximum Gasteiger partial charge on any atom is 0.328 e. The quantitative estimate of drug-likeness (QED) is 0.105. The average molecular weight is 450 g/mol. The second-order valence-corrected chi connectivity index (χ2v) is 8.52. The Morgan fingerprint density at radius 1 is 1.06 bits per heavy atom. The largest absolute Gasteiger partial charge is 0.464 e. The van der Waals surface area contributed by atoms with Crippen LogP contribution < -0.4 is 22.1 Å². The number of benzene rings is 1. The van der Waals surface area contributed by atoms with Gasteiger partial charge in [0.2, 0.25) is 5.91 Å². The third kappa shape index (κ3) is 11.3. The summed E-state index contributed by atoms with van der Waals surface area (Å²) in [5.74, 6) is -1.29. The van der Waals surface area contributed by atoms with Gasteiger partial charge in [-0.2, -0.15) is 0 Å². The van der Waals surface area contributed by atoms with Gasteiger partial charge in [0.05, 0.1) is 27.7 Å². The lowest BCUT2D eigenvalue weighted by atomic mass is 10.0. The number of ether oxygens (including phenoxy) is 1. The Balaban J connectivity index is 2.94. The van der Waals surface area contributed by atoms with Crippen molar-refractivity contribution in [3.8, 4) is 0 Å². The van der Waals surface area contributed by atoms with Crippen LogP contribution in [-0.2, 0) is 25.5 Å². The van der Waals surface area contributed by atoms with E-state index in [1.54, 1.807) is 6.92 Å². The number of hydrogen-bond acceptors (Lipinski definition) is 5. The Morgan fingerprint density at radius 3 is 2.28 bits per heavy atom. The molecule has 1 aromatic rings. The van der Waals surface area contributed by atoms with Crippen molar-refractivity contribution in [2.24, 2.45) is 16.5 Å². The molecule has 0 aliphatic carbocycles. The first-order chi connectivity index (χ1) is 15.0. The zero-order chi connectivity index (χ0) is 24.1. The van der Waals surface area contributed by atoms with Crippen molar-refractivity contribution in [3.63, 3.8) is 0 Å². The molecular weight excluding hydrogens is 412 g/mol. The Hall–Kier alpha value is -3.14. The lowest BCUT2D eigenvalue weighted by Crippen LogP contribution is -2.55. The maximum atomic E-state index is 13.1. The second-order valence-electron chi connectivity index (χ2n) is 8.52. The summed E-state index contributed by atoms with van der Waals surface area (Å²) in [7, 11) is 5.66. The SMILES string of the molecule is CCOC(=O)[C@H](CCCN=C(N)N)NC(=O)[C@H](Cc1ccccc1)NC(=O)C[N+](C)(C)C. The first-order valence-electron chi connectivity index (χ1n) is 10.7. The molecule has 178 valence electrons. The fraction of sp³-hybridized carbons (Fsp3) is 0.545. The first kappa shape index (κ1) is 26.9. The highest BCUT2D eigenvalue weighted by Gasteiger charge is 2.28. The van der Waals surface area contributed by atoms with Gasteiger partial charge >= 0.3 is 5.97 Å². The van der Waals surface area contributed by atoms with Gasteiger partial charge in [-0.15, -0.1) is 0 Å². The number of carbonyl (C=O) groups is 3. The zero-order valence-electron chi connectivity index (χ0n) is 19.5. The number of carbonyl (C=O) groups excluding carboxylic acids is 3. The van der Waals surface area contributed by atoms with Crippen molar-refractivity contribution in [2.45, 2.75) is 38.3 Å².